The van der Waals surface area contributed by atoms with Gasteiger partial charge in [-0.1, -0.05) is 95.6 Å². The van der Waals surface area contributed by atoms with Crippen LogP contribution in [0.25, 0.3) is 0 Å². The molecule has 0 bridgehead atoms. The summed E-state index contributed by atoms with van der Waals surface area (Å²) in [4.78, 5) is 24.4. The molecular formula is C12H18Br6N2O2. The summed E-state index contributed by atoms with van der Waals surface area (Å²) in [7, 11) is 0. The Morgan fingerprint density at radius 1 is 0.682 bits per heavy atom. The van der Waals surface area contributed by atoms with Gasteiger partial charge in [-0.3, -0.25) is 9.59 Å². The number of amides is 2. The van der Waals surface area contributed by atoms with Gasteiger partial charge >= 0.3 is 0 Å². The molecule has 0 aromatic rings. The Labute approximate surface area is 181 Å². The van der Waals surface area contributed by atoms with E-state index in [0.717, 1.165) is 0 Å². The molecule has 0 spiro atoms. The molecule has 0 heterocycles. The molecule has 0 atom stereocenters. The third-order valence-corrected chi connectivity index (χ3v) is 9.20. The number of hydrogen-bond donors (Lipinski definition) is 2. The second-order valence-corrected chi connectivity index (χ2v) is 19.3. The Balaban J connectivity index is 4.42. The van der Waals surface area contributed by atoms with E-state index in [9.17, 15) is 9.59 Å². The summed E-state index contributed by atoms with van der Waals surface area (Å²) in [6.45, 7) is 7.84. The molecule has 0 aromatic heterocycles. The van der Waals surface area contributed by atoms with E-state index < -0.39 is 15.1 Å². The van der Waals surface area contributed by atoms with Gasteiger partial charge in [0.05, 0.1) is 10.8 Å². The van der Waals surface area contributed by atoms with E-state index in [1.807, 2.05) is 0 Å². The van der Waals surface area contributed by atoms with Crippen LogP contribution in [0.5, 0.6) is 0 Å². The molecule has 0 fully saturated rings. The topological polar surface area (TPSA) is 58.2 Å². The van der Waals surface area contributed by atoms with Crippen molar-refractivity contribution in [3.05, 3.63) is 0 Å². The Morgan fingerprint density at radius 3 is 1.09 bits per heavy atom. The summed E-state index contributed by atoms with van der Waals surface area (Å²) in [5.74, 6) is -0.301. The van der Waals surface area contributed by atoms with Crippen LogP contribution >= 0.6 is 95.6 Å². The fourth-order valence-corrected chi connectivity index (χ4v) is 2.13. The summed E-state index contributed by atoms with van der Waals surface area (Å²) in [6, 6.07) is 0. The first-order valence-corrected chi connectivity index (χ1v) is 11.0. The predicted molar refractivity (Wildman–Crippen MR) is 113 cm³/mol. The van der Waals surface area contributed by atoms with E-state index in [1.165, 1.54) is 0 Å². The minimum atomic E-state index is -0.729. The van der Waals surface area contributed by atoms with Crippen molar-refractivity contribution in [3.8, 4) is 0 Å². The van der Waals surface area contributed by atoms with Crippen LogP contribution in [0.1, 0.15) is 27.7 Å². The van der Waals surface area contributed by atoms with E-state index in [1.54, 1.807) is 27.7 Å². The fourth-order valence-electron chi connectivity index (χ4n) is 1.05. The van der Waals surface area contributed by atoms with Crippen LogP contribution in [0, 0.1) is 10.8 Å². The van der Waals surface area contributed by atoms with Gasteiger partial charge in [-0.05, 0) is 27.7 Å². The first-order chi connectivity index (χ1) is 9.55. The van der Waals surface area contributed by atoms with Crippen LogP contribution in [0.4, 0.5) is 0 Å². The van der Waals surface area contributed by atoms with E-state index in [-0.39, 0.29) is 11.8 Å². The molecule has 2 N–H and O–H groups in total. The maximum atomic E-state index is 12.2. The van der Waals surface area contributed by atoms with Crippen LogP contribution in [-0.2, 0) is 9.59 Å². The Hall–Kier alpha value is 1.82. The lowest BCUT2D eigenvalue weighted by Gasteiger charge is -2.33. The van der Waals surface area contributed by atoms with Crippen molar-refractivity contribution in [3.63, 3.8) is 0 Å². The zero-order valence-electron chi connectivity index (χ0n) is 12.5. The van der Waals surface area contributed by atoms with Crippen molar-refractivity contribution in [1.29, 1.82) is 0 Å². The van der Waals surface area contributed by atoms with Gasteiger partial charge < -0.3 is 10.6 Å². The van der Waals surface area contributed by atoms with E-state index in [2.05, 4.69) is 106 Å². The molecule has 0 unspecified atom stereocenters. The van der Waals surface area contributed by atoms with Gasteiger partial charge in [-0.25, -0.2) is 0 Å². The molecule has 0 aliphatic rings. The number of halogens is 6. The molecule has 0 saturated carbocycles. The van der Waals surface area contributed by atoms with Crippen LogP contribution < -0.4 is 10.6 Å². The molecule has 0 saturated heterocycles. The Morgan fingerprint density at radius 2 is 0.909 bits per heavy atom. The Kier molecular flexibility index (Phi) is 9.17. The molecule has 22 heavy (non-hydrogen) atoms. The summed E-state index contributed by atoms with van der Waals surface area (Å²) < 4.78 is -1.40. The lowest BCUT2D eigenvalue weighted by Crippen LogP contribution is -2.49. The van der Waals surface area contributed by atoms with E-state index in [4.69, 9.17) is 0 Å². The van der Waals surface area contributed by atoms with Crippen LogP contribution in [0.3, 0.4) is 0 Å². The summed E-state index contributed by atoms with van der Waals surface area (Å²) >= 11 is 20.2. The smallest absolute Gasteiger partial charge is 0.228 e. The van der Waals surface area contributed by atoms with Crippen molar-refractivity contribution >= 4 is 107 Å². The highest BCUT2D eigenvalue weighted by atomic mass is 80.0. The van der Waals surface area contributed by atoms with Gasteiger partial charge in [0.1, 0.15) is 4.29 Å². The number of hydrogen-bond acceptors (Lipinski definition) is 2. The van der Waals surface area contributed by atoms with Crippen molar-refractivity contribution in [2.75, 3.05) is 13.1 Å². The van der Waals surface area contributed by atoms with Crippen molar-refractivity contribution in [2.24, 2.45) is 10.8 Å². The zero-order chi connectivity index (χ0) is 18.0. The largest absolute Gasteiger partial charge is 0.354 e. The molecule has 0 rings (SSSR count). The maximum absolute atomic E-state index is 12.2. The second kappa shape index (κ2) is 8.47. The van der Waals surface area contributed by atoms with Crippen molar-refractivity contribution < 1.29 is 9.59 Å². The highest BCUT2D eigenvalue weighted by Crippen LogP contribution is 2.50. The number of carbonyl (C=O) groups is 2. The summed E-state index contributed by atoms with van der Waals surface area (Å²) in [5, 5.41) is 5.59. The van der Waals surface area contributed by atoms with Crippen LogP contribution in [0.2, 0.25) is 0 Å². The molecule has 0 aliphatic carbocycles. The van der Waals surface area contributed by atoms with Gasteiger partial charge in [0.15, 0.2) is 0 Å². The standard InChI is InChI=1S/C12H18Br6N2O2/c1-9(2,11(13,14)15)7(21)19-5-6-20-8(22)10(3,4)12(16,17)18/h5-6H2,1-4H3,(H,19,21)(H,20,22). The molecule has 2 amide bonds. The lowest BCUT2D eigenvalue weighted by atomic mass is 9.95. The van der Waals surface area contributed by atoms with Gasteiger partial charge in [0, 0.05) is 13.1 Å². The molecule has 0 aromatic carbocycles. The Bertz CT molecular complexity index is 386. The number of carbonyl (C=O) groups excluding carboxylic acids is 2. The van der Waals surface area contributed by atoms with Gasteiger partial charge in [-0.2, -0.15) is 0 Å². The minimum Gasteiger partial charge on any atom is -0.354 e. The van der Waals surface area contributed by atoms with Crippen LogP contribution in [0.15, 0.2) is 0 Å². The highest BCUT2D eigenvalue weighted by molar-refractivity contribution is 9.39. The molecule has 130 valence electrons. The minimum absolute atomic E-state index is 0.151. The quantitative estimate of drug-likeness (QED) is 0.315. The third kappa shape index (κ3) is 6.28. The fraction of sp³-hybridized carbons (Fsp3) is 0.833. The van der Waals surface area contributed by atoms with Gasteiger partial charge in [0.25, 0.3) is 0 Å². The zero-order valence-corrected chi connectivity index (χ0v) is 22.0. The average molecular weight is 702 g/mol. The molecular weight excluding hydrogens is 684 g/mol. The van der Waals surface area contributed by atoms with Crippen LogP contribution in [-0.4, -0.2) is 29.2 Å². The first-order valence-electron chi connectivity index (χ1n) is 6.25. The van der Waals surface area contributed by atoms with Gasteiger partial charge in [-0.15, -0.1) is 0 Å². The monoisotopic (exact) mass is 696 g/mol. The SMILES string of the molecule is CC(C)(C(=O)NCCNC(=O)C(C)(C)C(Br)(Br)Br)C(Br)(Br)Br. The molecule has 10 heteroatoms. The summed E-state index contributed by atoms with van der Waals surface area (Å²) in [5.41, 5.74) is -1.46. The average Bonchev–Trinajstić information content (AvgIpc) is 2.30. The molecule has 0 aliphatic heterocycles. The number of nitrogens with one attached hydrogen (secondary N) is 2. The number of alkyl halides is 6. The highest BCUT2D eigenvalue weighted by Gasteiger charge is 2.46. The lowest BCUT2D eigenvalue weighted by molar-refractivity contribution is -0.130. The normalized spacial score (nSPS) is 13.7. The predicted octanol–water partition coefficient (Wildman–Crippen LogP) is 4.95. The van der Waals surface area contributed by atoms with E-state index >= 15 is 0 Å². The number of rotatable bonds is 5. The third-order valence-electron chi connectivity index (χ3n) is 3.25. The summed E-state index contributed by atoms with van der Waals surface area (Å²) in [6.07, 6.45) is 0. The maximum Gasteiger partial charge on any atom is 0.228 e. The second-order valence-electron chi connectivity index (χ2n) is 5.76. The first kappa shape index (κ1) is 23.8. The molecule has 4 nitrogen and oxygen atoms in total. The van der Waals surface area contributed by atoms with Gasteiger partial charge in [0.2, 0.25) is 11.8 Å². The van der Waals surface area contributed by atoms with Crippen molar-refractivity contribution in [1.82, 2.24) is 10.6 Å². The van der Waals surface area contributed by atoms with E-state index in [0.29, 0.717) is 13.1 Å². The molecule has 0 radical (unpaired) electrons. The van der Waals surface area contributed by atoms with Crippen molar-refractivity contribution in [2.45, 2.75) is 32.0 Å².